The summed E-state index contributed by atoms with van der Waals surface area (Å²) in [4.78, 5) is 0. The second-order valence-electron chi connectivity index (χ2n) is 5.15. The van der Waals surface area contributed by atoms with Gasteiger partial charge in [0.1, 0.15) is 0 Å². The minimum Gasteiger partial charge on any atom is -0.315 e. The first-order valence-corrected chi connectivity index (χ1v) is 6.47. The Bertz CT molecular complexity index is 307. The molecule has 0 amide bonds. The first-order valence-electron chi connectivity index (χ1n) is 5.96. The van der Waals surface area contributed by atoms with Crippen molar-refractivity contribution in [1.82, 2.24) is 5.32 Å². The van der Waals surface area contributed by atoms with E-state index in [4.69, 9.17) is 0 Å². The van der Waals surface area contributed by atoms with Gasteiger partial charge in [-0.1, -0.05) is 36.8 Å². The maximum atomic E-state index is 4.19. The lowest BCUT2D eigenvalue weighted by atomic mass is 9.87. The Labute approximate surface area is 112 Å². The molecular formula is C14H26N2S. The molecule has 0 aliphatic rings. The van der Waals surface area contributed by atoms with Crippen molar-refractivity contribution in [2.45, 2.75) is 45.6 Å². The van der Waals surface area contributed by atoms with Crippen molar-refractivity contribution < 1.29 is 0 Å². The summed E-state index contributed by atoms with van der Waals surface area (Å²) in [5, 5.41) is 7.55. The third-order valence-electron chi connectivity index (χ3n) is 3.14. The van der Waals surface area contributed by atoms with Crippen LogP contribution in [-0.2, 0) is 0 Å². The van der Waals surface area contributed by atoms with Crippen molar-refractivity contribution in [2.75, 3.05) is 7.05 Å². The number of thiol groups is 1. The van der Waals surface area contributed by atoms with Crippen LogP contribution in [0.5, 0.6) is 0 Å². The van der Waals surface area contributed by atoms with Gasteiger partial charge in [0.25, 0.3) is 0 Å². The standard InChI is InChI=1S/C14H23N.H3NS/c1-11-6-8-13(9-7-11)12(2)10-14(3,4)15-5;1-2/h6-9,12,15H,10H2,1-5H3;2H,1H2. The van der Waals surface area contributed by atoms with Crippen LogP contribution >= 0.6 is 12.8 Å². The normalized spacial score (nSPS) is 12.6. The Balaban J connectivity index is 0.00000121. The highest BCUT2D eigenvalue weighted by Gasteiger charge is 2.19. The van der Waals surface area contributed by atoms with Gasteiger partial charge >= 0.3 is 0 Å². The molecule has 1 aromatic rings. The van der Waals surface area contributed by atoms with Crippen LogP contribution in [-0.4, -0.2) is 12.6 Å². The Morgan fingerprint density at radius 2 is 1.71 bits per heavy atom. The highest BCUT2D eigenvalue weighted by molar-refractivity contribution is 7.77. The Kier molecular flexibility index (Phi) is 7.51. The maximum Gasteiger partial charge on any atom is 0.0127 e. The van der Waals surface area contributed by atoms with Gasteiger partial charge in [-0.15, -0.1) is 12.8 Å². The van der Waals surface area contributed by atoms with E-state index in [1.807, 2.05) is 7.05 Å². The van der Waals surface area contributed by atoms with E-state index in [0.717, 1.165) is 6.42 Å². The zero-order chi connectivity index (χ0) is 13.5. The first kappa shape index (κ1) is 16.5. The van der Waals surface area contributed by atoms with E-state index in [9.17, 15) is 0 Å². The largest absolute Gasteiger partial charge is 0.315 e. The number of hydrogen-bond donors (Lipinski definition) is 3. The fraction of sp³-hybridized carbons (Fsp3) is 0.571. The summed E-state index contributed by atoms with van der Waals surface area (Å²) in [5.41, 5.74) is 2.98. The van der Waals surface area contributed by atoms with Crippen LogP contribution in [0.25, 0.3) is 0 Å². The summed E-state index contributed by atoms with van der Waals surface area (Å²) in [6, 6.07) is 8.87. The molecule has 0 spiro atoms. The van der Waals surface area contributed by atoms with Crippen molar-refractivity contribution in [2.24, 2.45) is 5.14 Å². The predicted octanol–water partition coefficient (Wildman–Crippen LogP) is 3.28. The molecule has 0 fully saturated rings. The average Bonchev–Trinajstić information content (AvgIpc) is 2.32. The first-order chi connectivity index (χ1) is 7.94. The summed E-state index contributed by atoms with van der Waals surface area (Å²) in [5.74, 6) is 0.605. The minimum absolute atomic E-state index is 0.213. The lowest BCUT2D eigenvalue weighted by Gasteiger charge is -2.27. The highest BCUT2D eigenvalue weighted by Crippen LogP contribution is 2.25. The third kappa shape index (κ3) is 6.10. The van der Waals surface area contributed by atoms with E-state index in [1.165, 1.54) is 11.1 Å². The molecule has 0 aliphatic carbocycles. The van der Waals surface area contributed by atoms with Crippen molar-refractivity contribution in [3.63, 3.8) is 0 Å². The van der Waals surface area contributed by atoms with Crippen LogP contribution in [0, 0.1) is 6.92 Å². The lowest BCUT2D eigenvalue weighted by molar-refractivity contribution is 0.367. The van der Waals surface area contributed by atoms with Crippen LogP contribution in [0.2, 0.25) is 0 Å². The number of nitrogens with one attached hydrogen (secondary N) is 1. The fourth-order valence-electron chi connectivity index (χ4n) is 1.88. The molecule has 0 saturated carbocycles. The van der Waals surface area contributed by atoms with Crippen molar-refractivity contribution in [1.29, 1.82) is 0 Å². The quantitative estimate of drug-likeness (QED) is 0.721. The molecule has 1 unspecified atom stereocenters. The molecule has 1 atom stereocenters. The Morgan fingerprint density at radius 3 is 2.12 bits per heavy atom. The molecule has 0 saturated heterocycles. The molecule has 0 bridgehead atoms. The highest BCUT2D eigenvalue weighted by atomic mass is 32.1. The second-order valence-corrected chi connectivity index (χ2v) is 5.15. The van der Waals surface area contributed by atoms with Crippen LogP contribution in [0.4, 0.5) is 0 Å². The fourth-order valence-corrected chi connectivity index (χ4v) is 1.88. The van der Waals surface area contributed by atoms with E-state index < -0.39 is 0 Å². The van der Waals surface area contributed by atoms with Gasteiger partial charge in [-0.25, -0.2) is 0 Å². The summed E-state index contributed by atoms with van der Waals surface area (Å²) >= 11 is 3.03. The Morgan fingerprint density at radius 1 is 1.24 bits per heavy atom. The number of aryl methyl sites for hydroxylation is 1. The number of nitrogens with two attached hydrogens (primary N) is 1. The van der Waals surface area contributed by atoms with E-state index >= 15 is 0 Å². The molecule has 17 heavy (non-hydrogen) atoms. The molecular weight excluding hydrogens is 228 g/mol. The van der Waals surface area contributed by atoms with E-state index in [1.54, 1.807) is 0 Å². The van der Waals surface area contributed by atoms with Gasteiger partial charge in [0.15, 0.2) is 0 Å². The van der Waals surface area contributed by atoms with Gasteiger partial charge in [0.05, 0.1) is 0 Å². The third-order valence-corrected chi connectivity index (χ3v) is 3.14. The van der Waals surface area contributed by atoms with Gasteiger partial charge in [-0.3, -0.25) is 5.14 Å². The number of benzene rings is 1. The number of hydrogen-bond acceptors (Lipinski definition) is 3. The van der Waals surface area contributed by atoms with Crippen molar-refractivity contribution in [3.05, 3.63) is 35.4 Å². The monoisotopic (exact) mass is 254 g/mol. The van der Waals surface area contributed by atoms with E-state index in [0.29, 0.717) is 5.92 Å². The van der Waals surface area contributed by atoms with Gasteiger partial charge < -0.3 is 5.32 Å². The molecule has 0 aliphatic heterocycles. The molecule has 0 heterocycles. The molecule has 2 nitrogen and oxygen atoms in total. The molecule has 98 valence electrons. The molecule has 1 aromatic carbocycles. The zero-order valence-electron chi connectivity index (χ0n) is 11.6. The maximum absolute atomic E-state index is 4.19. The van der Waals surface area contributed by atoms with Crippen LogP contribution in [0.1, 0.15) is 44.2 Å². The van der Waals surface area contributed by atoms with Crippen LogP contribution in [0.15, 0.2) is 24.3 Å². The number of rotatable bonds is 4. The SMILES string of the molecule is CNC(C)(C)CC(C)c1ccc(C)cc1.NS. The molecule has 0 aromatic heterocycles. The molecule has 0 radical (unpaired) electrons. The molecule has 3 N–H and O–H groups in total. The summed E-state index contributed by atoms with van der Waals surface area (Å²) in [7, 11) is 2.03. The van der Waals surface area contributed by atoms with Gasteiger partial charge in [0, 0.05) is 5.54 Å². The smallest absolute Gasteiger partial charge is 0.0127 e. The minimum atomic E-state index is 0.213. The zero-order valence-corrected chi connectivity index (χ0v) is 12.5. The molecule has 1 rings (SSSR count). The van der Waals surface area contributed by atoms with Crippen molar-refractivity contribution in [3.8, 4) is 0 Å². The lowest BCUT2D eigenvalue weighted by Crippen LogP contribution is -2.37. The summed E-state index contributed by atoms with van der Waals surface area (Å²) in [6.45, 7) is 8.92. The van der Waals surface area contributed by atoms with Crippen LogP contribution in [0.3, 0.4) is 0 Å². The van der Waals surface area contributed by atoms with Crippen molar-refractivity contribution >= 4 is 12.8 Å². The van der Waals surface area contributed by atoms with Gasteiger partial charge in [-0.05, 0) is 45.7 Å². The average molecular weight is 254 g/mol. The molecule has 3 heteroatoms. The van der Waals surface area contributed by atoms with E-state index in [2.05, 4.69) is 75.2 Å². The summed E-state index contributed by atoms with van der Waals surface area (Å²) < 4.78 is 0. The van der Waals surface area contributed by atoms with E-state index in [-0.39, 0.29) is 5.54 Å². The van der Waals surface area contributed by atoms with Gasteiger partial charge in [0.2, 0.25) is 0 Å². The Hall–Kier alpha value is -0.510. The summed E-state index contributed by atoms with van der Waals surface area (Å²) in [6.07, 6.45) is 1.16. The van der Waals surface area contributed by atoms with Crippen LogP contribution < -0.4 is 10.5 Å². The van der Waals surface area contributed by atoms with Gasteiger partial charge in [-0.2, -0.15) is 0 Å². The second kappa shape index (κ2) is 7.75. The predicted molar refractivity (Wildman–Crippen MR) is 80.5 cm³/mol. The topological polar surface area (TPSA) is 38.0 Å².